The van der Waals surface area contributed by atoms with Crippen molar-refractivity contribution >= 4 is 17.6 Å². The molecule has 236 valence electrons. The third-order valence-electron chi connectivity index (χ3n) is 5.76. The Balaban J connectivity index is 4.08. The number of rotatable bonds is 25. The molecule has 0 aromatic carbocycles. The van der Waals surface area contributed by atoms with Crippen LogP contribution in [0.2, 0.25) is 0 Å². The van der Waals surface area contributed by atoms with E-state index in [2.05, 4.69) is 10.6 Å². The molecule has 2 amide bonds. The summed E-state index contributed by atoms with van der Waals surface area (Å²) in [6.07, 6.45) is -5.51. The number of carbonyl (C=O) groups is 3. The van der Waals surface area contributed by atoms with E-state index >= 15 is 0 Å². The monoisotopic (exact) mass is 584 g/mol. The van der Waals surface area contributed by atoms with Gasteiger partial charge in [-0.1, -0.05) is 0 Å². The van der Waals surface area contributed by atoms with Gasteiger partial charge in [-0.2, -0.15) is 0 Å². The molecule has 9 N–H and O–H groups in total. The topological polar surface area (TPSA) is 245 Å². The van der Waals surface area contributed by atoms with E-state index in [1.54, 1.807) is 0 Å². The van der Waals surface area contributed by atoms with Gasteiger partial charge in [-0.15, -0.1) is 0 Å². The number of ether oxygens (including phenoxy) is 3. The van der Waals surface area contributed by atoms with Gasteiger partial charge in [-0.25, -0.2) is 0 Å². The molecule has 0 rings (SSSR count). The summed E-state index contributed by atoms with van der Waals surface area (Å²) in [5.41, 5.74) is 0. The van der Waals surface area contributed by atoms with Crippen molar-refractivity contribution in [3.8, 4) is 0 Å². The standard InChI is InChI=1S/C25H48N2O13/c1-16(29)18(9-3-6-12-26-20(31)10-4-7-13-38-24(37)22(33)34)27-21(32)11-5-8-14-39-25(23(35)36)40-19(15-28)17(2)30/h17-19,22-25,28,30,33-37H,3-15H2,1-2H3,(H,26,31)(H,27,32)/t17?,18-,19?,24?,25?/m1/s1. The molecule has 15 heteroatoms. The molecule has 0 aliphatic heterocycles. The van der Waals surface area contributed by atoms with Gasteiger partial charge >= 0.3 is 0 Å². The Hall–Kier alpha value is -1.79. The number of aliphatic hydroxyl groups excluding tert-OH is 5. The third kappa shape index (κ3) is 19.3. The van der Waals surface area contributed by atoms with Crippen molar-refractivity contribution < 1.29 is 64.3 Å². The van der Waals surface area contributed by atoms with Gasteiger partial charge in [0.2, 0.25) is 37.0 Å². The quantitative estimate of drug-likeness (QED) is 0.0407. The summed E-state index contributed by atoms with van der Waals surface area (Å²) in [4.78, 5) is 36.0. The number of nitrogens with one attached hydrogen (secondary N) is 2. The zero-order valence-corrected chi connectivity index (χ0v) is 23.3. The number of unbranched alkanes of at least 4 members (excludes halogenated alkanes) is 3. The van der Waals surface area contributed by atoms with Crippen LogP contribution in [0.25, 0.3) is 0 Å². The minimum Gasteiger partial charge on any atom is -0.394 e. The van der Waals surface area contributed by atoms with Crippen LogP contribution in [0.15, 0.2) is 0 Å². The van der Waals surface area contributed by atoms with E-state index in [1.807, 2.05) is 0 Å². The summed E-state index contributed by atoms with van der Waals surface area (Å²) in [5.74, 6) is -0.663. The Morgan fingerprint density at radius 1 is 0.775 bits per heavy atom. The van der Waals surface area contributed by atoms with Gasteiger partial charge in [-0.3, -0.25) is 14.4 Å². The maximum Gasteiger partial charge on any atom is 0.220 e. The maximum absolute atomic E-state index is 12.2. The third-order valence-corrected chi connectivity index (χ3v) is 5.76. The van der Waals surface area contributed by atoms with E-state index < -0.39 is 50.0 Å². The Labute approximate surface area is 234 Å². The average Bonchev–Trinajstić information content (AvgIpc) is 2.88. The van der Waals surface area contributed by atoms with Crippen LogP contribution in [0, 0.1) is 0 Å². The highest BCUT2D eigenvalue weighted by Gasteiger charge is 2.25. The Bertz CT molecular complexity index is 694. The Kier molecular flexibility index (Phi) is 21.8. The van der Waals surface area contributed by atoms with Crippen LogP contribution in [-0.2, 0) is 28.6 Å². The molecule has 4 unspecified atom stereocenters. The number of carbonyl (C=O) groups excluding carboxylic acids is 3. The van der Waals surface area contributed by atoms with Gasteiger partial charge in [0.1, 0.15) is 6.10 Å². The lowest BCUT2D eigenvalue weighted by Gasteiger charge is -2.26. The van der Waals surface area contributed by atoms with Crippen LogP contribution < -0.4 is 10.6 Å². The minimum absolute atomic E-state index is 0.0279. The first-order valence-corrected chi connectivity index (χ1v) is 13.5. The van der Waals surface area contributed by atoms with Gasteiger partial charge in [0, 0.05) is 32.6 Å². The molecule has 0 aliphatic carbocycles. The van der Waals surface area contributed by atoms with Crippen molar-refractivity contribution in [3.05, 3.63) is 0 Å². The van der Waals surface area contributed by atoms with Crippen molar-refractivity contribution in [2.75, 3.05) is 26.4 Å². The molecule has 0 saturated heterocycles. The summed E-state index contributed by atoms with van der Waals surface area (Å²) >= 11 is 0. The van der Waals surface area contributed by atoms with Crippen molar-refractivity contribution in [2.45, 2.75) is 115 Å². The van der Waals surface area contributed by atoms with E-state index in [0.29, 0.717) is 51.5 Å². The molecular formula is C25H48N2O13. The highest BCUT2D eigenvalue weighted by atomic mass is 16.7. The molecule has 0 aromatic heterocycles. The molecule has 0 heterocycles. The fourth-order valence-corrected chi connectivity index (χ4v) is 3.38. The molecule has 5 atom stereocenters. The summed E-state index contributed by atoms with van der Waals surface area (Å²) < 4.78 is 15.1. The molecule has 15 nitrogen and oxygen atoms in total. The van der Waals surface area contributed by atoms with Crippen LogP contribution in [0.3, 0.4) is 0 Å². The van der Waals surface area contributed by atoms with E-state index in [0.717, 1.165) is 0 Å². The van der Waals surface area contributed by atoms with Crippen molar-refractivity contribution in [3.63, 3.8) is 0 Å². The van der Waals surface area contributed by atoms with E-state index in [-0.39, 0.29) is 43.7 Å². The first kappa shape index (κ1) is 38.2. The Morgan fingerprint density at radius 2 is 1.38 bits per heavy atom. The first-order chi connectivity index (χ1) is 18.9. The fourth-order valence-electron chi connectivity index (χ4n) is 3.38. The van der Waals surface area contributed by atoms with Gasteiger partial charge in [-0.05, 0) is 58.8 Å². The number of Topliss-reactive ketones (excluding diaryl/α,β-unsaturated/α-hetero) is 1. The van der Waals surface area contributed by atoms with Gasteiger partial charge in [0.15, 0.2) is 5.78 Å². The fraction of sp³-hybridized carbons (Fsp3) is 0.880. The van der Waals surface area contributed by atoms with Crippen molar-refractivity contribution in [1.82, 2.24) is 10.6 Å². The van der Waals surface area contributed by atoms with E-state index in [9.17, 15) is 34.8 Å². The van der Waals surface area contributed by atoms with Crippen LogP contribution in [0.4, 0.5) is 0 Å². The van der Waals surface area contributed by atoms with Crippen LogP contribution in [0.5, 0.6) is 0 Å². The predicted molar refractivity (Wildman–Crippen MR) is 139 cm³/mol. The summed E-state index contributed by atoms with van der Waals surface area (Å²) in [6.45, 7) is 2.74. The lowest BCUT2D eigenvalue weighted by Crippen LogP contribution is -2.41. The van der Waals surface area contributed by atoms with E-state index in [1.165, 1.54) is 13.8 Å². The molecule has 0 saturated carbocycles. The number of aliphatic hydroxyl groups is 7. The lowest BCUT2D eigenvalue weighted by atomic mass is 10.1. The van der Waals surface area contributed by atoms with E-state index in [4.69, 9.17) is 29.5 Å². The smallest absolute Gasteiger partial charge is 0.220 e. The molecule has 0 fully saturated rings. The summed E-state index contributed by atoms with van der Waals surface area (Å²) in [6, 6.07) is -0.648. The normalized spacial score (nSPS) is 15.5. The largest absolute Gasteiger partial charge is 0.394 e. The van der Waals surface area contributed by atoms with Crippen LogP contribution in [-0.4, -0.2) is 123 Å². The molecule has 0 aromatic rings. The molecule has 40 heavy (non-hydrogen) atoms. The van der Waals surface area contributed by atoms with Crippen LogP contribution >= 0.6 is 0 Å². The second kappa shape index (κ2) is 22.8. The molecule has 0 spiro atoms. The molecule has 0 aliphatic rings. The second-order valence-corrected chi connectivity index (χ2v) is 9.42. The summed E-state index contributed by atoms with van der Waals surface area (Å²) in [5, 5.41) is 69.2. The van der Waals surface area contributed by atoms with Gasteiger partial charge in [0.25, 0.3) is 0 Å². The van der Waals surface area contributed by atoms with Crippen LogP contribution in [0.1, 0.15) is 71.6 Å². The predicted octanol–water partition coefficient (Wildman–Crippen LogP) is -2.26. The highest BCUT2D eigenvalue weighted by Crippen LogP contribution is 2.10. The number of hydrogen-bond acceptors (Lipinski definition) is 13. The maximum atomic E-state index is 12.2. The van der Waals surface area contributed by atoms with Crippen molar-refractivity contribution in [2.24, 2.45) is 0 Å². The zero-order valence-electron chi connectivity index (χ0n) is 23.3. The number of ketones is 1. The highest BCUT2D eigenvalue weighted by molar-refractivity contribution is 5.87. The average molecular weight is 585 g/mol. The zero-order chi connectivity index (χ0) is 30.5. The second-order valence-electron chi connectivity index (χ2n) is 9.42. The SMILES string of the molecule is CC(=O)[C@@H](CCCCNC(=O)CCCCOC(O)C(O)O)NC(=O)CCCCOC(OC(CO)C(C)O)C(O)O. The number of hydrogen-bond donors (Lipinski definition) is 9. The molecule has 0 bridgehead atoms. The lowest BCUT2D eigenvalue weighted by molar-refractivity contribution is -0.280. The van der Waals surface area contributed by atoms with Gasteiger partial charge < -0.3 is 60.6 Å². The number of amides is 2. The minimum atomic E-state index is -1.99. The molecule has 0 radical (unpaired) electrons. The van der Waals surface area contributed by atoms with Crippen molar-refractivity contribution in [1.29, 1.82) is 0 Å². The van der Waals surface area contributed by atoms with Gasteiger partial charge in [0.05, 0.1) is 18.8 Å². The molecular weight excluding hydrogens is 536 g/mol. The summed E-state index contributed by atoms with van der Waals surface area (Å²) in [7, 11) is 0. The first-order valence-electron chi connectivity index (χ1n) is 13.5. The Morgan fingerprint density at radius 3 is 1.90 bits per heavy atom.